The van der Waals surface area contributed by atoms with E-state index in [0.717, 1.165) is 11.3 Å². The highest BCUT2D eigenvalue weighted by atomic mass is 79.9. The lowest BCUT2D eigenvalue weighted by Gasteiger charge is -2.02. The molecule has 0 fully saturated rings. The Balaban J connectivity index is 2.52. The molecule has 0 unspecified atom stereocenters. The molecule has 18 heavy (non-hydrogen) atoms. The molecule has 94 valence electrons. The summed E-state index contributed by atoms with van der Waals surface area (Å²) < 4.78 is 40.0. The van der Waals surface area contributed by atoms with Crippen molar-refractivity contribution < 1.29 is 18.0 Å². The molecule has 0 bridgehead atoms. The van der Waals surface area contributed by atoms with Crippen LogP contribution in [0.1, 0.15) is 15.2 Å². The van der Waals surface area contributed by atoms with E-state index in [0.29, 0.717) is 15.9 Å². The second-order valence-electron chi connectivity index (χ2n) is 3.31. The van der Waals surface area contributed by atoms with Gasteiger partial charge in [-0.05, 0) is 22.0 Å². The van der Waals surface area contributed by atoms with Gasteiger partial charge >= 0.3 is 0 Å². The summed E-state index contributed by atoms with van der Waals surface area (Å²) in [5, 5.41) is 0.270. The third kappa shape index (κ3) is 2.46. The van der Waals surface area contributed by atoms with Crippen molar-refractivity contribution in [1.82, 2.24) is 0 Å². The minimum absolute atomic E-state index is 0.0660. The molecule has 0 atom stereocenters. The van der Waals surface area contributed by atoms with Crippen LogP contribution in [0.3, 0.4) is 0 Å². The number of benzene rings is 1. The minimum Gasteiger partial charge on any atom is -0.287 e. The quantitative estimate of drug-likeness (QED) is 0.706. The molecule has 2 aromatic rings. The second-order valence-corrected chi connectivity index (χ2v) is 6.08. The van der Waals surface area contributed by atoms with Gasteiger partial charge in [0.15, 0.2) is 0 Å². The van der Waals surface area contributed by atoms with Crippen molar-refractivity contribution in [1.29, 1.82) is 0 Å². The summed E-state index contributed by atoms with van der Waals surface area (Å²) in [6.45, 7) is 0. The first kappa shape index (κ1) is 13.6. The molecule has 0 spiro atoms. The van der Waals surface area contributed by atoms with Crippen LogP contribution < -0.4 is 0 Å². The van der Waals surface area contributed by atoms with E-state index in [2.05, 4.69) is 15.9 Å². The van der Waals surface area contributed by atoms with Gasteiger partial charge in [-0.25, -0.2) is 13.2 Å². The summed E-state index contributed by atoms with van der Waals surface area (Å²) in [5.41, 5.74) is -0.790. The maximum atomic E-state index is 13.4. The third-order valence-electron chi connectivity index (χ3n) is 2.10. The zero-order valence-electron chi connectivity index (χ0n) is 8.44. The first-order valence-electron chi connectivity index (χ1n) is 4.54. The summed E-state index contributed by atoms with van der Waals surface area (Å²) in [5.74, 6) is -4.43. The monoisotopic (exact) mass is 354 g/mol. The summed E-state index contributed by atoms with van der Waals surface area (Å²) in [4.78, 5) is 12.0. The average Bonchev–Trinajstić information content (AvgIpc) is 2.57. The molecular weight excluding hydrogens is 353 g/mol. The molecule has 1 nitrogen and oxygen atoms in total. The van der Waals surface area contributed by atoms with Gasteiger partial charge in [0.05, 0.1) is 19.2 Å². The zero-order valence-corrected chi connectivity index (χ0v) is 11.6. The van der Waals surface area contributed by atoms with Gasteiger partial charge in [-0.3, -0.25) is 4.79 Å². The fourth-order valence-electron chi connectivity index (χ4n) is 1.34. The number of thiophene rings is 1. The molecule has 0 aliphatic rings. The van der Waals surface area contributed by atoms with Crippen LogP contribution in [0, 0.1) is 17.5 Å². The van der Waals surface area contributed by atoms with E-state index in [1.165, 1.54) is 6.07 Å². The Kier molecular flexibility index (Phi) is 3.79. The summed E-state index contributed by atoms with van der Waals surface area (Å²) in [6, 6.07) is 2.21. The Hall–Kier alpha value is -0.850. The molecular formula is C11H3BrClF3OS. The topological polar surface area (TPSA) is 17.1 Å². The van der Waals surface area contributed by atoms with Crippen LogP contribution in [0.25, 0.3) is 0 Å². The maximum absolute atomic E-state index is 13.4. The van der Waals surface area contributed by atoms with Crippen LogP contribution in [0.5, 0.6) is 0 Å². The highest BCUT2D eigenvalue weighted by Crippen LogP contribution is 2.33. The Labute approximate surface area is 117 Å². The van der Waals surface area contributed by atoms with Crippen molar-refractivity contribution in [2.75, 3.05) is 0 Å². The summed E-state index contributed by atoms with van der Waals surface area (Å²) in [6.07, 6.45) is 0. The van der Waals surface area contributed by atoms with Gasteiger partial charge in [-0.15, -0.1) is 11.3 Å². The molecule has 1 aromatic heterocycles. The molecule has 0 aliphatic heterocycles. The Morgan fingerprint density at radius 3 is 2.17 bits per heavy atom. The lowest BCUT2D eigenvalue weighted by atomic mass is 10.1. The molecule has 0 saturated carbocycles. The smallest absolute Gasteiger partial charge is 0.208 e. The lowest BCUT2D eigenvalue weighted by Crippen LogP contribution is -2.06. The van der Waals surface area contributed by atoms with Gasteiger partial charge in [0.1, 0.15) is 17.5 Å². The number of hydrogen-bond donors (Lipinski definition) is 0. The maximum Gasteiger partial charge on any atom is 0.208 e. The van der Waals surface area contributed by atoms with Crippen LogP contribution in [-0.4, -0.2) is 5.78 Å². The Morgan fingerprint density at radius 1 is 1.17 bits per heavy atom. The summed E-state index contributed by atoms with van der Waals surface area (Å²) >= 11 is 9.77. The number of rotatable bonds is 2. The minimum atomic E-state index is -1.24. The van der Waals surface area contributed by atoms with Crippen LogP contribution in [0.15, 0.2) is 22.0 Å². The number of ketones is 1. The van der Waals surface area contributed by atoms with E-state index < -0.39 is 28.8 Å². The van der Waals surface area contributed by atoms with Crippen LogP contribution in [-0.2, 0) is 0 Å². The fourth-order valence-corrected chi connectivity index (χ4v) is 2.99. The molecule has 7 heteroatoms. The molecule has 1 aromatic carbocycles. The van der Waals surface area contributed by atoms with E-state index >= 15 is 0 Å². The number of hydrogen-bond acceptors (Lipinski definition) is 2. The van der Waals surface area contributed by atoms with Gasteiger partial charge in [-0.1, -0.05) is 11.6 Å². The molecule has 0 saturated heterocycles. The van der Waals surface area contributed by atoms with Crippen molar-refractivity contribution in [3.8, 4) is 0 Å². The highest BCUT2D eigenvalue weighted by molar-refractivity contribution is 9.11. The zero-order chi connectivity index (χ0) is 13.4. The second kappa shape index (κ2) is 5.03. The van der Waals surface area contributed by atoms with E-state index in [1.54, 1.807) is 0 Å². The van der Waals surface area contributed by atoms with Gasteiger partial charge in [0.2, 0.25) is 5.78 Å². The molecule has 1 heterocycles. The molecule has 0 N–H and O–H groups in total. The predicted octanol–water partition coefficient (Wildman–Crippen LogP) is 4.81. The van der Waals surface area contributed by atoms with Crippen LogP contribution in [0.2, 0.25) is 5.02 Å². The van der Waals surface area contributed by atoms with Crippen LogP contribution >= 0.6 is 38.9 Å². The van der Waals surface area contributed by atoms with Gasteiger partial charge in [0.25, 0.3) is 0 Å². The van der Waals surface area contributed by atoms with Crippen molar-refractivity contribution in [3.05, 3.63) is 54.9 Å². The lowest BCUT2D eigenvalue weighted by molar-refractivity contribution is 0.103. The van der Waals surface area contributed by atoms with E-state index in [1.807, 2.05) is 0 Å². The van der Waals surface area contributed by atoms with Gasteiger partial charge in [0, 0.05) is 12.1 Å². The molecule has 0 amide bonds. The number of carbonyl (C=O) groups is 1. The van der Waals surface area contributed by atoms with E-state index in [4.69, 9.17) is 11.6 Å². The third-order valence-corrected chi connectivity index (χ3v) is 4.58. The van der Waals surface area contributed by atoms with Crippen molar-refractivity contribution in [2.45, 2.75) is 0 Å². The largest absolute Gasteiger partial charge is 0.287 e. The normalized spacial score (nSPS) is 10.7. The van der Waals surface area contributed by atoms with Gasteiger partial charge < -0.3 is 0 Å². The fraction of sp³-hybridized carbons (Fsp3) is 0. The average molecular weight is 356 g/mol. The first-order valence-corrected chi connectivity index (χ1v) is 6.53. The van der Waals surface area contributed by atoms with E-state index in [9.17, 15) is 18.0 Å². The molecule has 0 aliphatic carbocycles. The van der Waals surface area contributed by atoms with E-state index in [-0.39, 0.29) is 9.90 Å². The first-order chi connectivity index (χ1) is 8.40. The molecule has 0 radical (unpaired) electrons. The van der Waals surface area contributed by atoms with Crippen molar-refractivity contribution in [3.63, 3.8) is 0 Å². The highest BCUT2D eigenvalue weighted by Gasteiger charge is 2.22. The number of carbonyl (C=O) groups excluding carboxylic acids is 1. The predicted molar refractivity (Wildman–Crippen MR) is 66.8 cm³/mol. The Bertz CT molecular complexity index is 599. The van der Waals surface area contributed by atoms with Crippen molar-refractivity contribution in [2.24, 2.45) is 0 Å². The van der Waals surface area contributed by atoms with Crippen LogP contribution in [0.4, 0.5) is 13.2 Å². The van der Waals surface area contributed by atoms with Crippen molar-refractivity contribution >= 4 is 44.7 Å². The standard InChI is InChI=1S/C11H3BrClF3OS/c12-11-5(13)3-8(18-11)10(17)9-6(15)1-4(14)2-7(9)16/h1-3H. The number of halogens is 5. The SMILES string of the molecule is O=C(c1cc(Cl)c(Br)s1)c1c(F)cc(F)cc1F. The summed E-state index contributed by atoms with van der Waals surface area (Å²) in [7, 11) is 0. The van der Waals surface area contributed by atoms with Gasteiger partial charge in [-0.2, -0.15) is 0 Å². The Morgan fingerprint density at radius 2 is 1.72 bits per heavy atom. The molecule has 2 rings (SSSR count).